The number of amides is 1. The molecule has 1 aromatic carbocycles. The third-order valence-electron chi connectivity index (χ3n) is 2.94. The summed E-state index contributed by atoms with van der Waals surface area (Å²) in [5.74, 6) is 0.0874. The van der Waals surface area contributed by atoms with Crippen LogP contribution in [0.5, 0.6) is 0 Å². The Morgan fingerprint density at radius 3 is 2.84 bits per heavy atom. The highest BCUT2D eigenvalue weighted by Gasteiger charge is 2.07. The minimum atomic E-state index is 0.0874. The quantitative estimate of drug-likeness (QED) is 0.875. The molecule has 0 radical (unpaired) electrons. The summed E-state index contributed by atoms with van der Waals surface area (Å²) in [7, 11) is 3.50. The topological polar surface area (TPSA) is 71.2 Å². The van der Waals surface area contributed by atoms with Crippen molar-refractivity contribution in [1.82, 2.24) is 9.88 Å². The molecule has 0 spiro atoms. The fourth-order valence-electron chi connectivity index (χ4n) is 1.87. The van der Waals surface area contributed by atoms with Crippen molar-refractivity contribution in [2.24, 2.45) is 0 Å². The SMILES string of the molecule is CN(C)C(=O)CCNc1c(N)cnc2ccccc12. The van der Waals surface area contributed by atoms with Gasteiger partial charge in [0.2, 0.25) is 5.91 Å². The number of nitrogens with two attached hydrogens (primary N) is 1. The van der Waals surface area contributed by atoms with Gasteiger partial charge in [0, 0.05) is 32.4 Å². The third-order valence-corrected chi connectivity index (χ3v) is 2.94. The summed E-state index contributed by atoms with van der Waals surface area (Å²) in [5.41, 5.74) is 8.27. The normalized spacial score (nSPS) is 10.4. The summed E-state index contributed by atoms with van der Waals surface area (Å²) in [6, 6.07) is 7.78. The average Bonchev–Trinajstić information content (AvgIpc) is 2.41. The smallest absolute Gasteiger partial charge is 0.223 e. The van der Waals surface area contributed by atoms with Gasteiger partial charge in [0.1, 0.15) is 0 Å². The molecule has 19 heavy (non-hydrogen) atoms. The Bertz CT molecular complexity index is 595. The van der Waals surface area contributed by atoms with E-state index in [4.69, 9.17) is 5.73 Å². The molecular weight excluding hydrogens is 240 g/mol. The van der Waals surface area contributed by atoms with Crippen molar-refractivity contribution in [3.05, 3.63) is 30.5 Å². The van der Waals surface area contributed by atoms with E-state index in [1.807, 2.05) is 24.3 Å². The van der Waals surface area contributed by atoms with Crippen molar-refractivity contribution in [2.45, 2.75) is 6.42 Å². The Balaban J connectivity index is 2.16. The molecule has 0 saturated carbocycles. The number of hydrogen-bond acceptors (Lipinski definition) is 4. The molecule has 1 heterocycles. The molecular formula is C14H18N4O. The first-order valence-electron chi connectivity index (χ1n) is 6.17. The van der Waals surface area contributed by atoms with E-state index < -0.39 is 0 Å². The van der Waals surface area contributed by atoms with Crippen LogP contribution in [0, 0.1) is 0 Å². The number of anilines is 2. The second-order valence-electron chi connectivity index (χ2n) is 4.57. The Kier molecular flexibility index (Phi) is 3.85. The van der Waals surface area contributed by atoms with E-state index in [9.17, 15) is 4.79 Å². The average molecular weight is 258 g/mol. The van der Waals surface area contributed by atoms with E-state index in [0.717, 1.165) is 16.6 Å². The van der Waals surface area contributed by atoms with E-state index in [1.165, 1.54) is 0 Å². The molecule has 0 aliphatic rings. The van der Waals surface area contributed by atoms with Gasteiger partial charge in [-0.1, -0.05) is 18.2 Å². The van der Waals surface area contributed by atoms with Crippen LogP contribution < -0.4 is 11.1 Å². The van der Waals surface area contributed by atoms with Gasteiger partial charge < -0.3 is 16.0 Å². The van der Waals surface area contributed by atoms with Crippen LogP contribution in [0.3, 0.4) is 0 Å². The Labute approximate surface area is 112 Å². The van der Waals surface area contributed by atoms with Crippen LogP contribution in [-0.2, 0) is 4.79 Å². The molecule has 1 aromatic heterocycles. The number of para-hydroxylation sites is 1. The Hall–Kier alpha value is -2.30. The van der Waals surface area contributed by atoms with Crippen molar-refractivity contribution in [1.29, 1.82) is 0 Å². The molecule has 0 atom stereocenters. The van der Waals surface area contributed by atoms with E-state index in [2.05, 4.69) is 10.3 Å². The van der Waals surface area contributed by atoms with Crippen molar-refractivity contribution in [3.8, 4) is 0 Å². The third kappa shape index (κ3) is 2.93. The van der Waals surface area contributed by atoms with Crippen molar-refractivity contribution < 1.29 is 4.79 Å². The van der Waals surface area contributed by atoms with E-state index in [-0.39, 0.29) is 5.91 Å². The maximum absolute atomic E-state index is 11.5. The van der Waals surface area contributed by atoms with Crippen LogP contribution in [0.4, 0.5) is 11.4 Å². The molecule has 3 N–H and O–H groups in total. The number of hydrogen-bond donors (Lipinski definition) is 2. The van der Waals surface area contributed by atoms with Crippen LogP contribution in [0.15, 0.2) is 30.5 Å². The van der Waals surface area contributed by atoms with Gasteiger partial charge >= 0.3 is 0 Å². The Morgan fingerprint density at radius 1 is 1.37 bits per heavy atom. The van der Waals surface area contributed by atoms with Crippen molar-refractivity contribution >= 4 is 28.2 Å². The van der Waals surface area contributed by atoms with Crippen LogP contribution in [0.25, 0.3) is 10.9 Å². The van der Waals surface area contributed by atoms with Crippen LogP contribution in [0.2, 0.25) is 0 Å². The fraction of sp³-hybridized carbons (Fsp3) is 0.286. The predicted octanol–water partition coefficient (Wildman–Crippen LogP) is 1.71. The number of rotatable bonds is 4. The second-order valence-corrected chi connectivity index (χ2v) is 4.57. The van der Waals surface area contributed by atoms with E-state index in [0.29, 0.717) is 18.7 Å². The van der Waals surface area contributed by atoms with Crippen molar-refractivity contribution in [3.63, 3.8) is 0 Å². The van der Waals surface area contributed by atoms with Gasteiger partial charge in [-0.05, 0) is 6.07 Å². The molecule has 0 fully saturated rings. The van der Waals surface area contributed by atoms with Crippen molar-refractivity contribution in [2.75, 3.05) is 31.7 Å². The number of carbonyl (C=O) groups is 1. The predicted molar refractivity (Wildman–Crippen MR) is 78.0 cm³/mol. The second kappa shape index (κ2) is 5.56. The lowest BCUT2D eigenvalue weighted by Gasteiger charge is -2.13. The molecule has 2 aromatic rings. The number of pyridine rings is 1. The standard InChI is InChI=1S/C14H18N4O/c1-18(2)13(19)7-8-16-14-10-5-3-4-6-12(10)17-9-11(14)15/h3-6,9H,7-8,15H2,1-2H3,(H,16,17). The molecule has 100 valence electrons. The number of aromatic nitrogens is 1. The molecule has 2 rings (SSSR count). The number of nitrogen functional groups attached to an aromatic ring is 1. The number of nitrogens with one attached hydrogen (secondary N) is 1. The molecule has 5 nitrogen and oxygen atoms in total. The van der Waals surface area contributed by atoms with Gasteiger partial charge in [-0.2, -0.15) is 0 Å². The first-order chi connectivity index (χ1) is 9.09. The lowest BCUT2D eigenvalue weighted by atomic mass is 10.1. The van der Waals surface area contributed by atoms with Gasteiger partial charge in [0.05, 0.1) is 23.1 Å². The van der Waals surface area contributed by atoms with Gasteiger partial charge in [-0.25, -0.2) is 0 Å². The molecule has 5 heteroatoms. The highest BCUT2D eigenvalue weighted by molar-refractivity contribution is 5.96. The van der Waals surface area contributed by atoms with Gasteiger partial charge in [-0.15, -0.1) is 0 Å². The molecule has 1 amide bonds. The minimum absolute atomic E-state index is 0.0874. The highest BCUT2D eigenvalue weighted by atomic mass is 16.2. The summed E-state index contributed by atoms with van der Waals surface area (Å²) < 4.78 is 0. The zero-order valence-electron chi connectivity index (χ0n) is 11.2. The molecule has 0 unspecified atom stereocenters. The monoisotopic (exact) mass is 258 g/mol. The number of nitrogens with zero attached hydrogens (tertiary/aromatic N) is 2. The first kappa shape index (κ1) is 13.1. The molecule has 0 bridgehead atoms. The maximum atomic E-state index is 11.5. The number of benzene rings is 1. The molecule has 0 saturated heterocycles. The Morgan fingerprint density at radius 2 is 2.11 bits per heavy atom. The van der Waals surface area contributed by atoms with Crippen LogP contribution in [0.1, 0.15) is 6.42 Å². The zero-order valence-corrected chi connectivity index (χ0v) is 11.2. The summed E-state index contributed by atoms with van der Waals surface area (Å²) in [5, 5.41) is 4.20. The van der Waals surface area contributed by atoms with E-state index in [1.54, 1.807) is 25.2 Å². The zero-order chi connectivity index (χ0) is 13.8. The summed E-state index contributed by atoms with van der Waals surface area (Å²) in [6.45, 7) is 0.551. The summed E-state index contributed by atoms with van der Waals surface area (Å²) in [6.07, 6.45) is 2.07. The summed E-state index contributed by atoms with van der Waals surface area (Å²) in [4.78, 5) is 17.4. The highest BCUT2D eigenvalue weighted by Crippen LogP contribution is 2.27. The number of carbonyl (C=O) groups excluding carboxylic acids is 1. The molecule has 0 aliphatic carbocycles. The van der Waals surface area contributed by atoms with Crippen LogP contribution >= 0.6 is 0 Å². The van der Waals surface area contributed by atoms with Gasteiger partial charge in [-0.3, -0.25) is 9.78 Å². The maximum Gasteiger partial charge on any atom is 0.223 e. The fourth-order valence-corrected chi connectivity index (χ4v) is 1.87. The van der Waals surface area contributed by atoms with Crippen LogP contribution in [-0.4, -0.2) is 36.4 Å². The lowest BCUT2D eigenvalue weighted by Crippen LogP contribution is -2.24. The largest absolute Gasteiger partial charge is 0.396 e. The molecule has 0 aliphatic heterocycles. The first-order valence-corrected chi connectivity index (χ1v) is 6.17. The number of fused-ring (bicyclic) bond motifs is 1. The van der Waals surface area contributed by atoms with E-state index >= 15 is 0 Å². The van der Waals surface area contributed by atoms with Gasteiger partial charge in [0.25, 0.3) is 0 Å². The summed E-state index contributed by atoms with van der Waals surface area (Å²) >= 11 is 0. The lowest BCUT2D eigenvalue weighted by molar-refractivity contribution is -0.128. The van der Waals surface area contributed by atoms with Gasteiger partial charge in [0.15, 0.2) is 0 Å². The minimum Gasteiger partial charge on any atom is -0.396 e.